The standard InChI is InChI=1S/C22H25BO5S/c1-14(24)29-13-19(23-27-21(2,3)22(4,5)28-23)11-15-6-7-17-12-18(20(25)26)9-8-16(17)10-15/h6-12H,13H2,1-5H3,(H,25,26). The van der Waals surface area contributed by atoms with Crippen LogP contribution in [0.4, 0.5) is 0 Å². The fourth-order valence-corrected chi connectivity index (χ4v) is 3.65. The van der Waals surface area contributed by atoms with Crippen LogP contribution in [0.5, 0.6) is 0 Å². The number of hydrogen-bond acceptors (Lipinski definition) is 5. The van der Waals surface area contributed by atoms with Crippen molar-refractivity contribution in [3.05, 3.63) is 53.0 Å². The van der Waals surface area contributed by atoms with Gasteiger partial charge in [0, 0.05) is 12.7 Å². The first-order chi connectivity index (χ1) is 13.5. The molecule has 1 aliphatic heterocycles. The number of benzene rings is 2. The number of hydrogen-bond donors (Lipinski definition) is 1. The average molecular weight is 412 g/mol. The fraction of sp³-hybridized carbons (Fsp3) is 0.364. The Morgan fingerprint density at radius 2 is 1.62 bits per heavy atom. The molecule has 2 aromatic carbocycles. The summed E-state index contributed by atoms with van der Waals surface area (Å²) < 4.78 is 12.4. The van der Waals surface area contributed by atoms with Crippen molar-refractivity contribution in [3.8, 4) is 0 Å². The molecule has 0 aliphatic carbocycles. The van der Waals surface area contributed by atoms with E-state index in [0.717, 1.165) is 21.8 Å². The normalized spacial score (nSPS) is 18.2. The molecule has 0 aromatic heterocycles. The third kappa shape index (κ3) is 4.74. The van der Waals surface area contributed by atoms with Gasteiger partial charge in [-0.2, -0.15) is 0 Å². The van der Waals surface area contributed by atoms with Gasteiger partial charge in [-0.15, -0.1) is 0 Å². The van der Waals surface area contributed by atoms with E-state index in [4.69, 9.17) is 14.4 Å². The number of aromatic carboxylic acids is 1. The van der Waals surface area contributed by atoms with E-state index in [-0.39, 0.29) is 10.7 Å². The maximum Gasteiger partial charge on any atom is 0.491 e. The van der Waals surface area contributed by atoms with Crippen LogP contribution in [0, 0.1) is 0 Å². The van der Waals surface area contributed by atoms with Crippen molar-refractivity contribution in [2.75, 3.05) is 5.75 Å². The zero-order valence-electron chi connectivity index (χ0n) is 17.3. The van der Waals surface area contributed by atoms with Gasteiger partial charge in [0.25, 0.3) is 0 Å². The van der Waals surface area contributed by atoms with Crippen molar-refractivity contribution in [1.29, 1.82) is 0 Å². The fourth-order valence-electron chi connectivity index (χ4n) is 3.06. The summed E-state index contributed by atoms with van der Waals surface area (Å²) in [5, 5.41) is 11.0. The van der Waals surface area contributed by atoms with Gasteiger partial charge in [-0.1, -0.05) is 36.0 Å². The van der Waals surface area contributed by atoms with Gasteiger partial charge >= 0.3 is 13.1 Å². The Morgan fingerprint density at radius 1 is 1.03 bits per heavy atom. The molecule has 1 N–H and O–H groups in total. The highest BCUT2D eigenvalue weighted by Crippen LogP contribution is 2.39. The minimum absolute atomic E-state index is 0.0344. The Balaban J connectivity index is 1.96. The molecule has 0 amide bonds. The second-order valence-electron chi connectivity index (χ2n) is 8.21. The van der Waals surface area contributed by atoms with Crippen LogP contribution in [0.2, 0.25) is 0 Å². The van der Waals surface area contributed by atoms with Crippen LogP contribution >= 0.6 is 11.8 Å². The number of thioether (sulfide) groups is 1. The summed E-state index contributed by atoms with van der Waals surface area (Å²) >= 11 is 1.22. The van der Waals surface area contributed by atoms with Crippen LogP contribution < -0.4 is 0 Å². The molecule has 0 atom stereocenters. The Morgan fingerprint density at radius 3 is 2.21 bits per heavy atom. The molecule has 3 rings (SSSR count). The average Bonchev–Trinajstić information content (AvgIpc) is 2.85. The second-order valence-corrected chi connectivity index (χ2v) is 9.37. The van der Waals surface area contributed by atoms with E-state index >= 15 is 0 Å². The molecule has 152 valence electrons. The molecule has 0 radical (unpaired) electrons. The van der Waals surface area contributed by atoms with Crippen molar-refractivity contribution < 1.29 is 24.0 Å². The second kappa shape index (κ2) is 7.97. The largest absolute Gasteiger partial charge is 0.491 e. The Bertz CT molecular complexity index is 980. The molecule has 2 aromatic rings. The van der Waals surface area contributed by atoms with Crippen molar-refractivity contribution >= 4 is 46.8 Å². The van der Waals surface area contributed by atoms with Crippen molar-refractivity contribution in [2.45, 2.75) is 45.8 Å². The lowest BCUT2D eigenvalue weighted by Gasteiger charge is -2.32. The van der Waals surface area contributed by atoms with Crippen molar-refractivity contribution in [1.82, 2.24) is 0 Å². The summed E-state index contributed by atoms with van der Waals surface area (Å²) in [6.45, 7) is 9.54. The van der Waals surface area contributed by atoms with Gasteiger partial charge in [-0.25, -0.2) is 4.79 Å². The molecule has 29 heavy (non-hydrogen) atoms. The van der Waals surface area contributed by atoms with Gasteiger partial charge in [-0.05, 0) is 67.7 Å². The van der Waals surface area contributed by atoms with E-state index in [1.165, 1.54) is 11.8 Å². The van der Waals surface area contributed by atoms with E-state index in [1.807, 2.05) is 52.0 Å². The predicted molar refractivity (Wildman–Crippen MR) is 118 cm³/mol. The summed E-state index contributed by atoms with van der Waals surface area (Å²) in [5.41, 5.74) is 1.15. The number of rotatable bonds is 5. The molecule has 5 nitrogen and oxygen atoms in total. The summed E-state index contributed by atoms with van der Waals surface area (Å²) in [7, 11) is -0.531. The number of carboxylic acid groups (broad SMARTS) is 1. The maximum atomic E-state index is 11.5. The highest BCUT2D eigenvalue weighted by molar-refractivity contribution is 8.13. The van der Waals surface area contributed by atoms with Crippen LogP contribution in [0.3, 0.4) is 0 Å². The predicted octanol–water partition coefficient (Wildman–Crippen LogP) is 4.83. The SMILES string of the molecule is CC(=O)SCC(=Cc1ccc2cc(C(=O)O)ccc2c1)B1OC(C)(C)C(C)(C)O1. The molecule has 0 bridgehead atoms. The first kappa shape index (κ1) is 21.6. The van der Waals surface area contributed by atoms with E-state index < -0.39 is 24.3 Å². The lowest BCUT2D eigenvalue weighted by atomic mass is 9.78. The van der Waals surface area contributed by atoms with Gasteiger partial charge in [0.05, 0.1) is 16.8 Å². The number of carbonyl (C=O) groups is 2. The summed E-state index contributed by atoms with van der Waals surface area (Å²) in [6, 6.07) is 10.9. The van der Waals surface area contributed by atoms with Gasteiger partial charge in [0.1, 0.15) is 0 Å². The van der Waals surface area contributed by atoms with E-state index in [9.17, 15) is 9.59 Å². The van der Waals surface area contributed by atoms with Crippen LogP contribution in [0.1, 0.15) is 50.5 Å². The minimum Gasteiger partial charge on any atom is -0.478 e. The molecule has 0 unspecified atom stereocenters. The third-order valence-electron chi connectivity index (χ3n) is 5.46. The Labute approximate surface area is 175 Å². The molecule has 1 saturated heterocycles. The molecule has 1 aliphatic rings. The van der Waals surface area contributed by atoms with Crippen LogP contribution in [-0.2, 0) is 14.1 Å². The third-order valence-corrected chi connectivity index (χ3v) is 6.35. The van der Waals surface area contributed by atoms with E-state index in [1.54, 1.807) is 25.1 Å². The molecule has 1 fully saturated rings. The first-order valence-corrected chi connectivity index (χ1v) is 10.4. The molecule has 0 spiro atoms. The van der Waals surface area contributed by atoms with Crippen LogP contribution in [0.15, 0.2) is 41.9 Å². The van der Waals surface area contributed by atoms with Crippen LogP contribution in [0.25, 0.3) is 16.8 Å². The lowest BCUT2D eigenvalue weighted by Crippen LogP contribution is -2.41. The Hall–Kier alpha value is -2.09. The van der Waals surface area contributed by atoms with Crippen molar-refractivity contribution in [2.24, 2.45) is 0 Å². The lowest BCUT2D eigenvalue weighted by molar-refractivity contribution is -0.109. The molecular weight excluding hydrogens is 387 g/mol. The Kier molecular flexibility index (Phi) is 5.94. The quantitative estimate of drug-likeness (QED) is 0.709. The summed E-state index contributed by atoms with van der Waals surface area (Å²) in [5.74, 6) is -0.470. The topological polar surface area (TPSA) is 72.8 Å². The smallest absolute Gasteiger partial charge is 0.478 e. The number of fused-ring (bicyclic) bond motifs is 1. The molecule has 0 saturated carbocycles. The van der Waals surface area contributed by atoms with Gasteiger partial charge in [0.2, 0.25) is 0 Å². The van der Waals surface area contributed by atoms with Crippen LogP contribution in [-0.4, -0.2) is 40.3 Å². The number of carbonyl (C=O) groups excluding carboxylic acids is 1. The van der Waals surface area contributed by atoms with E-state index in [0.29, 0.717) is 5.75 Å². The number of carboxylic acids is 1. The summed E-state index contributed by atoms with van der Waals surface area (Å²) in [6.07, 6.45) is 1.99. The van der Waals surface area contributed by atoms with Gasteiger partial charge < -0.3 is 14.4 Å². The maximum absolute atomic E-state index is 11.5. The zero-order valence-corrected chi connectivity index (χ0v) is 18.1. The monoisotopic (exact) mass is 412 g/mol. The molecule has 7 heteroatoms. The van der Waals surface area contributed by atoms with Crippen molar-refractivity contribution in [3.63, 3.8) is 0 Å². The minimum atomic E-state index is -0.944. The molecule has 1 heterocycles. The zero-order chi connectivity index (χ0) is 21.4. The first-order valence-electron chi connectivity index (χ1n) is 9.45. The summed E-state index contributed by atoms with van der Waals surface area (Å²) in [4.78, 5) is 22.7. The van der Waals surface area contributed by atoms with Gasteiger partial charge in [0.15, 0.2) is 5.12 Å². The highest BCUT2D eigenvalue weighted by Gasteiger charge is 2.52. The molecular formula is C22H25BO5S. The van der Waals surface area contributed by atoms with Gasteiger partial charge in [-0.3, -0.25) is 4.79 Å². The van der Waals surface area contributed by atoms with E-state index in [2.05, 4.69) is 0 Å². The highest BCUT2D eigenvalue weighted by atomic mass is 32.2.